The van der Waals surface area contributed by atoms with Gasteiger partial charge in [-0.25, -0.2) is 8.78 Å². The first-order chi connectivity index (χ1) is 17.4. The second-order valence-corrected chi connectivity index (χ2v) is 8.49. The van der Waals surface area contributed by atoms with Crippen molar-refractivity contribution in [3.8, 4) is 11.3 Å². The number of amides is 2. The maximum atomic E-state index is 13.2. The number of nitrogens with zero attached hydrogens (tertiary/aromatic N) is 5. The molecule has 0 bridgehead atoms. The number of halogens is 2. The molecule has 3 aromatic rings. The third-order valence-corrected chi connectivity index (χ3v) is 6.02. The zero-order chi connectivity index (χ0) is 25.5. The molecule has 1 aliphatic heterocycles. The van der Waals surface area contributed by atoms with Gasteiger partial charge >= 0.3 is 0 Å². The molecule has 186 valence electrons. The Hall–Kier alpha value is -4.14. The predicted octanol–water partition coefficient (Wildman–Crippen LogP) is 3.79. The Kier molecular flexibility index (Phi) is 7.99. The molecule has 0 N–H and O–H groups in total. The molecule has 0 aliphatic carbocycles. The fourth-order valence-electron chi connectivity index (χ4n) is 4.08. The van der Waals surface area contributed by atoms with E-state index in [2.05, 4.69) is 21.7 Å². The monoisotopic (exact) mass is 491 g/mol. The third-order valence-electron chi connectivity index (χ3n) is 6.02. The van der Waals surface area contributed by atoms with E-state index in [0.717, 1.165) is 12.0 Å². The van der Waals surface area contributed by atoms with Gasteiger partial charge in [0.2, 0.25) is 5.91 Å². The SMILES string of the molecule is C=CCN(CC(=O)N1CCCN(c2ccc(-c3ccc(F)cc3)nn2)CC1)C(=O)c1ccc(F)cc1. The smallest absolute Gasteiger partial charge is 0.254 e. The van der Waals surface area contributed by atoms with E-state index in [0.29, 0.717) is 43.3 Å². The summed E-state index contributed by atoms with van der Waals surface area (Å²) in [5, 5.41) is 8.62. The molecule has 1 aromatic heterocycles. The lowest BCUT2D eigenvalue weighted by molar-refractivity contribution is -0.131. The molecule has 36 heavy (non-hydrogen) atoms. The van der Waals surface area contributed by atoms with E-state index in [1.54, 1.807) is 23.1 Å². The molecule has 0 spiro atoms. The van der Waals surface area contributed by atoms with Gasteiger partial charge in [-0.1, -0.05) is 6.08 Å². The molecule has 7 nitrogen and oxygen atoms in total. The van der Waals surface area contributed by atoms with Crippen LogP contribution >= 0.6 is 0 Å². The largest absolute Gasteiger partial charge is 0.353 e. The average Bonchev–Trinajstić information content (AvgIpc) is 3.16. The summed E-state index contributed by atoms with van der Waals surface area (Å²) < 4.78 is 26.4. The van der Waals surface area contributed by atoms with Gasteiger partial charge in [0.25, 0.3) is 5.91 Å². The molecule has 0 atom stereocenters. The van der Waals surface area contributed by atoms with E-state index in [1.165, 1.54) is 41.3 Å². The second-order valence-electron chi connectivity index (χ2n) is 8.49. The van der Waals surface area contributed by atoms with Crippen molar-refractivity contribution in [2.24, 2.45) is 0 Å². The predicted molar refractivity (Wildman–Crippen MR) is 133 cm³/mol. The fourth-order valence-corrected chi connectivity index (χ4v) is 4.08. The molecular formula is C27H27F2N5O2. The van der Waals surface area contributed by atoms with Crippen molar-refractivity contribution >= 4 is 17.6 Å². The molecule has 0 saturated carbocycles. The Balaban J connectivity index is 1.37. The number of carbonyl (C=O) groups excluding carboxylic acids is 2. The molecule has 1 saturated heterocycles. The summed E-state index contributed by atoms with van der Waals surface area (Å²) in [6, 6.07) is 15.1. The second kappa shape index (κ2) is 11.5. The summed E-state index contributed by atoms with van der Waals surface area (Å²) in [5.41, 5.74) is 1.75. The van der Waals surface area contributed by atoms with Crippen LogP contribution in [0.2, 0.25) is 0 Å². The number of benzene rings is 2. The van der Waals surface area contributed by atoms with Crippen molar-refractivity contribution in [3.63, 3.8) is 0 Å². The fraction of sp³-hybridized carbons (Fsp3) is 0.259. The summed E-state index contributed by atoms with van der Waals surface area (Å²) in [6.07, 6.45) is 2.30. The maximum Gasteiger partial charge on any atom is 0.254 e. The van der Waals surface area contributed by atoms with Crippen LogP contribution in [-0.2, 0) is 4.79 Å². The van der Waals surface area contributed by atoms with Gasteiger partial charge in [-0.15, -0.1) is 16.8 Å². The highest BCUT2D eigenvalue weighted by atomic mass is 19.1. The minimum absolute atomic E-state index is 0.0889. The van der Waals surface area contributed by atoms with Crippen LogP contribution in [0.15, 0.2) is 73.3 Å². The maximum absolute atomic E-state index is 13.2. The van der Waals surface area contributed by atoms with Gasteiger partial charge in [-0.05, 0) is 67.1 Å². The Morgan fingerprint density at radius 1 is 0.889 bits per heavy atom. The number of anilines is 1. The van der Waals surface area contributed by atoms with Crippen molar-refractivity contribution in [3.05, 3.63) is 90.5 Å². The van der Waals surface area contributed by atoms with Gasteiger partial charge in [0.15, 0.2) is 5.82 Å². The lowest BCUT2D eigenvalue weighted by Gasteiger charge is -2.26. The summed E-state index contributed by atoms with van der Waals surface area (Å²) in [4.78, 5) is 31.1. The molecule has 2 aromatic carbocycles. The van der Waals surface area contributed by atoms with Gasteiger partial charge in [0.05, 0.1) is 5.69 Å². The number of rotatable bonds is 7. The normalized spacial score (nSPS) is 13.7. The molecule has 0 radical (unpaired) electrons. The van der Waals surface area contributed by atoms with Gasteiger partial charge in [-0.2, -0.15) is 0 Å². The number of hydrogen-bond donors (Lipinski definition) is 0. The van der Waals surface area contributed by atoms with Gasteiger partial charge < -0.3 is 14.7 Å². The Morgan fingerprint density at radius 2 is 1.58 bits per heavy atom. The van der Waals surface area contributed by atoms with Crippen LogP contribution < -0.4 is 4.90 Å². The standard InChI is InChI=1S/C27H27F2N5O2/c1-2-14-34(27(36)21-6-10-23(29)11-7-21)19-26(35)33-16-3-15-32(17-18-33)25-13-12-24(30-31-25)20-4-8-22(28)9-5-20/h2,4-13H,1,3,14-19H2. The Bertz CT molecular complexity index is 1200. The molecule has 1 fully saturated rings. The van der Waals surface area contributed by atoms with Crippen molar-refractivity contribution in [1.29, 1.82) is 0 Å². The van der Waals surface area contributed by atoms with E-state index in [1.807, 2.05) is 12.1 Å². The molecule has 2 amide bonds. The van der Waals surface area contributed by atoms with E-state index in [9.17, 15) is 18.4 Å². The summed E-state index contributed by atoms with van der Waals surface area (Å²) >= 11 is 0. The van der Waals surface area contributed by atoms with Crippen LogP contribution in [-0.4, -0.2) is 71.1 Å². The van der Waals surface area contributed by atoms with Crippen LogP contribution in [0.5, 0.6) is 0 Å². The molecule has 2 heterocycles. The van der Waals surface area contributed by atoms with Crippen LogP contribution in [0.1, 0.15) is 16.8 Å². The number of carbonyl (C=O) groups is 2. The van der Waals surface area contributed by atoms with E-state index in [-0.39, 0.29) is 30.7 Å². The van der Waals surface area contributed by atoms with Gasteiger partial charge in [0, 0.05) is 43.9 Å². The summed E-state index contributed by atoms with van der Waals surface area (Å²) in [5.74, 6) is -0.542. The van der Waals surface area contributed by atoms with Crippen molar-refractivity contribution < 1.29 is 18.4 Å². The Morgan fingerprint density at radius 3 is 2.22 bits per heavy atom. The first-order valence-corrected chi connectivity index (χ1v) is 11.7. The highest BCUT2D eigenvalue weighted by molar-refractivity contribution is 5.96. The lowest BCUT2D eigenvalue weighted by Crippen LogP contribution is -2.44. The van der Waals surface area contributed by atoms with Crippen LogP contribution in [0.3, 0.4) is 0 Å². The van der Waals surface area contributed by atoms with E-state index >= 15 is 0 Å². The lowest BCUT2D eigenvalue weighted by atomic mass is 10.1. The Labute approximate surface area is 208 Å². The first kappa shape index (κ1) is 25.0. The first-order valence-electron chi connectivity index (χ1n) is 11.7. The van der Waals surface area contributed by atoms with Gasteiger partial charge in [-0.3, -0.25) is 9.59 Å². The van der Waals surface area contributed by atoms with E-state index < -0.39 is 5.82 Å². The van der Waals surface area contributed by atoms with Crippen LogP contribution in [0.4, 0.5) is 14.6 Å². The highest BCUT2D eigenvalue weighted by Gasteiger charge is 2.24. The minimum atomic E-state index is -0.429. The number of hydrogen-bond acceptors (Lipinski definition) is 5. The van der Waals surface area contributed by atoms with Crippen molar-refractivity contribution in [1.82, 2.24) is 20.0 Å². The third kappa shape index (κ3) is 6.10. The van der Waals surface area contributed by atoms with E-state index in [4.69, 9.17) is 0 Å². The number of aromatic nitrogens is 2. The zero-order valence-corrected chi connectivity index (χ0v) is 19.8. The molecular weight excluding hydrogens is 464 g/mol. The van der Waals surface area contributed by atoms with Crippen molar-refractivity contribution in [2.45, 2.75) is 6.42 Å². The summed E-state index contributed by atoms with van der Waals surface area (Å²) in [7, 11) is 0. The molecule has 4 rings (SSSR count). The van der Waals surface area contributed by atoms with Crippen LogP contribution in [0.25, 0.3) is 11.3 Å². The van der Waals surface area contributed by atoms with Gasteiger partial charge in [0.1, 0.15) is 18.2 Å². The zero-order valence-electron chi connectivity index (χ0n) is 19.8. The molecule has 0 unspecified atom stereocenters. The van der Waals surface area contributed by atoms with Crippen molar-refractivity contribution in [2.75, 3.05) is 44.2 Å². The minimum Gasteiger partial charge on any atom is -0.353 e. The highest BCUT2D eigenvalue weighted by Crippen LogP contribution is 2.20. The topological polar surface area (TPSA) is 69.6 Å². The average molecular weight is 492 g/mol. The summed E-state index contributed by atoms with van der Waals surface area (Å²) in [6.45, 7) is 6.12. The molecule has 9 heteroatoms. The van der Waals surface area contributed by atoms with Crippen LogP contribution in [0, 0.1) is 11.6 Å². The molecule has 1 aliphatic rings. The quantitative estimate of drug-likeness (QED) is 0.471.